The molecule has 0 N–H and O–H groups in total. The lowest BCUT2D eigenvalue weighted by molar-refractivity contribution is -0.107. The van der Waals surface area contributed by atoms with Gasteiger partial charge in [-0.3, -0.25) is 0 Å². The van der Waals surface area contributed by atoms with E-state index in [1.165, 1.54) is 15.9 Å². The Morgan fingerprint density at radius 3 is 1.37 bits per heavy atom. The summed E-state index contributed by atoms with van der Waals surface area (Å²) in [6.45, 7) is -2.19. The van der Waals surface area contributed by atoms with Gasteiger partial charge in [-0.2, -0.15) is 0 Å². The van der Waals surface area contributed by atoms with Gasteiger partial charge in [0.15, 0.2) is 0 Å². The summed E-state index contributed by atoms with van der Waals surface area (Å²) < 4.78 is 0. The molecular weight excluding hydrogens is 407 g/mol. The van der Waals surface area contributed by atoms with Crippen LogP contribution >= 0.6 is 18.5 Å². The van der Waals surface area contributed by atoms with Gasteiger partial charge in [0.2, 0.25) is 0 Å². The number of carbonyl (C=O) groups excluding carboxylic acids is 1. The standard InChI is InChI=1S/C27H22ClOP/c28-24-18-16-22(17-19-24)23(20-29)21-30(25-10-4-1-5-11-25,26-12-6-2-7-13-26)27-14-8-3-9-15-27/h1-21,23H. The first-order valence-electron chi connectivity index (χ1n) is 9.86. The summed E-state index contributed by atoms with van der Waals surface area (Å²) in [5.74, 6) is 1.92. The van der Waals surface area contributed by atoms with Crippen LogP contribution < -0.4 is 15.9 Å². The number of carbonyl (C=O) groups is 1. The van der Waals surface area contributed by atoms with Gasteiger partial charge in [0.25, 0.3) is 0 Å². The highest BCUT2D eigenvalue weighted by Crippen LogP contribution is 2.45. The van der Waals surface area contributed by atoms with E-state index in [4.69, 9.17) is 11.6 Å². The van der Waals surface area contributed by atoms with Crippen molar-refractivity contribution >= 4 is 46.5 Å². The molecule has 1 nitrogen and oxygen atoms in total. The van der Waals surface area contributed by atoms with Gasteiger partial charge in [-0.15, -0.1) is 0 Å². The Hall–Kier alpha value is -2.86. The van der Waals surface area contributed by atoms with Crippen molar-refractivity contribution < 1.29 is 4.79 Å². The maximum Gasteiger partial charge on any atom is 0.131 e. The second kappa shape index (κ2) is 9.30. The lowest BCUT2D eigenvalue weighted by atomic mass is 10.0. The Morgan fingerprint density at radius 1 is 0.600 bits per heavy atom. The van der Waals surface area contributed by atoms with Crippen LogP contribution in [0, 0.1) is 0 Å². The third-order valence-electron chi connectivity index (χ3n) is 5.28. The second-order valence-corrected chi connectivity index (χ2v) is 10.8. The summed E-state index contributed by atoms with van der Waals surface area (Å²) >= 11 is 6.09. The molecule has 4 aromatic carbocycles. The van der Waals surface area contributed by atoms with Crippen LogP contribution in [-0.4, -0.2) is 12.1 Å². The number of aldehydes is 1. The summed E-state index contributed by atoms with van der Waals surface area (Å²) in [5, 5.41) is 4.34. The number of hydrogen-bond donors (Lipinski definition) is 0. The Kier molecular flexibility index (Phi) is 6.33. The van der Waals surface area contributed by atoms with Gasteiger partial charge in [0.05, 0.1) is 5.92 Å². The minimum absolute atomic E-state index is 0.351. The molecule has 0 saturated carbocycles. The monoisotopic (exact) mass is 428 g/mol. The Morgan fingerprint density at radius 2 is 1.00 bits per heavy atom. The van der Waals surface area contributed by atoms with E-state index in [-0.39, 0.29) is 5.92 Å². The number of halogens is 1. The van der Waals surface area contributed by atoms with Crippen LogP contribution in [0.5, 0.6) is 0 Å². The molecule has 0 aliphatic heterocycles. The molecule has 4 aromatic rings. The molecule has 0 spiro atoms. The fourth-order valence-electron chi connectivity index (χ4n) is 3.82. The Balaban J connectivity index is 2.07. The second-order valence-electron chi connectivity index (χ2n) is 7.09. The van der Waals surface area contributed by atoms with E-state index >= 15 is 0 Å². The maximum atomic E-state index is 12.3. The van der Waals surface area contributed by atoms with Gasteiger partial charge in [-0.25, -0.2) is 0 Å². The summed E-state index contributed by atoms with van der Waals surface area (Å²) in [5.41, 5.74) is 0.946. The molecule has 4 rings (SSSR count). The molecule has 0 heterocycles. The van der Waals surface area contributed by atoms with Crippen LogP contribution in [0.25, 0.3) is 0 Å². The predicted molar refractivity (Wildman–Crippen MR) is 131 cm³/mol. The van der Waals surface area contributed by atoms with Crippen LogP contribution in [0.2, 0.25) is 5.02 Å². The van der Waals surface area contributed by atoms with Gasteiger partial charge in [0.1, 0.15) is 6.29 Å². The first kappa shape index (κ1) is 20.4. The van der Waals surface area contributed by atoms with E-state index in [2.05, 4.69) is 78.6 Å². The van der Waals surface area contributed by atoms with Crippen LogP contribution in [0.15, 0.2) is 115 Å². The molecule has 0 saturated heterocycles. The lowest BCUT2D eigenvalue weighted by Gasteiger charge is -2.30. The molecule has 30 heavy (non-hydrogen) atoms. The fraction of sp³-hybridized carbons (Fsp3) is 0.0370. The summed E-state index contributed by atoms with van der Waals surface area (Å²) in [4.78, 5) is 12.3. The molecule has 148 valence electrons. The molecule has 3 heteroatoms. The summed E-state index contributed by atoms with van der Waals surface area (Å²) in [6.07, 6.45) is 1.03. The molecule has 0 aliphatic rings. The lowest BCUT2D eigenvalue weighted by Crippen LogP contribution is -2.28. The quantitative estimate of drug-likeness (QED) is 0.296. The molecule has 0 amide bonds. The first-order chi connectivity index (χ1) is 14.7. The molecule has 0 bridgehead atoms. The van der Waals surface area contributed by atoms with E-state index in [0.717, 1.165) is 11.8 Å². The molecule has 0 aliphatic carbocycles. The molecule has 0 radical (unpaired) electrons. The third-order valence-corrected chi connectivity index (χ3v) is 9.63. The zero-order valence-electron chi connectivity index (χ0n) is 16.4. The van der Waals surface area contributed by atoms with Crippen molar-refractivity contribution in [2.75, 3.05) is 0 Å². The van der Waals surface area contributed by atoms with Gasteiger partial charge in [-0.05, 0) is 40.5 Å². The average molecular weight is 429 g/mol. The van der Waals surface area contributed by atoms with E-state index in [0.29, 0.717) is 5.02 Å². The van der Waals surface area contributed by atoms with E-state index in [9.17, 15) is 4.79 Å². The highest BCUT2D eigenvalue weighted by atomic mass is 35.5. The zero-order valence-corrected chi connectivity index (χ0v) is 18.1. The summed E-state index contributed by atoms with van der Waals surface area (Å²) in [6, 6.07) is 39.1. The van der Waals surface area contributed by atoms with Crippen molar-refractivity contribution in [2.45, 2.75) is 5.92 Å². The molecule has 0 aromatic heterocycles. The van der Waals surface area contributed by atoms with Crippen molar-refractivity contribution in [1.29, 1.82) is 0 Å². The normalized spacial score (nSPS) is 12.2. The largest absolute Gasteiger partial charge is 0.302 e. The van der Waals surface area contributed by atoms with E-state index < -0.39 is 6.89 Å². The highest BCUT2D eigenvalue weighted by molar-refractivity contribution is 7.94. The van der Waals surface area contributed by atoms with Crippen molar-refractivity contribution in [3.05, 3.63) is 126 Å². The average Bonchev–Trinajstić information content (AvgIpc) is 2.83. The first-order valence-corrected chi connectivity index (χ1v) is 12.1. The van der Waals surface area contributed by atoms with Crippen molar-refractivity contribution in [3.63, 3.8) is 0 Å². The third kappa shape index (κ3) is 4.05. The number of rotatable bonds is 6. The minimum atomic E-state index is -2.19. The van der Waals surface area contributed by atoms with Crippen molar-refractivity contribution in [1.82, 2.24) is 0 Å². The van der Waals surface area contributed by atoms with Crippen LogP contribution in [0.3, 0.4) is 0 Å². The van der Waals surface area contributed by atoms with E-state index in [1.54, 1.807) is 0 Å². The number of hydrogen-bond acceptors (Lipinski definition) is 1. The van der Waals surface area contributed by atoms with Crippen molar-refractivity contribution in [2.24, 2.45) is 0 Å². The van der Waals surface area contributed by atoms with Gasteiger partial charge in [0, 0.05) is 5.02 Å². The fourth-order valence-corrected chi connectivity index (χ4v) is 8.01. The maximum absolute atomic E-state index is 12.3. The molecule has 1 unspecified atom stereocenters. The van der Waals surface area contributed by atoms with E-state index in [1.807, 2.05) is 42.5 Å². The summed E-state index contributed by atoms with van der Waals surface area (Å²) in [7, 11) is 0. The molecule has 1 atom stereocenters. The topological polar surface area (TPSA) is 17.1 Å². The van der Waals surface area contributed by atoms with Crippen LogP contribution in [0.4, 0.5) is 0 Å². The smallest absolute Gasteiger partial charge is 0.131 e. The molecular formula is C27H22ClOP. The SMILES string of the molecule is O=CC(C=P(c1ccccc1)(c1ccccc1)c1ccccc1)c1ccc(Cl)cc1. The predicted octanol–water partition coefficient (Wildman–Crippen LogP) is 5.42. The minimum Gasteiger partial charge on any atom is -0.302 e. The van der Waals surface area contributed by atoms with Crippen LogP contribution in [-0.2, 0) is 4.79 Å². The Bertz CT molecular complexity index is 1050. The molecule has 0 fully saturated rings. The van der Waals surface area contributed by atoms with Gasteiger partial charge >= 0.3 is 0 Å². The Labute approximate surface area is 183 Å². The number of benzene rings is 4. The van der Waals surface area contributed by atoms with Crippen LogP contribution in [0.1, 0.15) is 11.5 Å². The van der Waals surface area contributed by atoms with Crippen molar-refractivity contribution in [3.8, 4) is 0 Å². The van der Waals surface area contributed by atoms with Gasteiger partial charge < -0.3 is 4.79 Å². The van der Waals surface area contributed by atoms with Gasteiger partial charge in [-0.1, -0.05) is 121 Å². The zero-order chi connectivity index (χ0) is 20.8. The highest BCUT2D eigenvalue weighted by Gasteiger charge is 2.27.